The highest BCUT2D eigenvalue weighted by Crippen LogP contribution is 2.21. The van der Waals surface area contributed by atoms with Crippen LogP contribution in [0.15, 0.2) is 29.6 Å². The van der Waals surface area contributed by atoms with Gasteiger partial charge in [-0.25, -0.2) is 4.39 Å². The van der Waals surface area contributed by atoms with E-state index in [1.54, 1.807) is 23.5 Å². The summed E-state index contributed by atoms with van der Waals surface area (Å²) in [6.07, 6.45) is 0.760. The third-order valence-corrected chi connectivity index (χ3v) is 3.60. The first kappa shape index (κ1) is 11.6. The maximum absolute atomic E-state index is 12.9. The molecule has 1 aromatic heterocycles. The summed E-state index contributed by atoms with van der Waals surface area (Å²) < 4.78 is 12.9. The molecule has 16 heavy (non-hydrogen) atoms. The highest BCUT2D eigenvalue weighted by Gasteiger charge is 2.03. The second-order valence-corrected chi connectivity index (χ2v) is 4.95. The summed E-state index contributed by atoms with van der Waals surface area (Å²) >= 11 is 7.36. The van der Waals surface area contributed by atoms with Gasteiger partial charge in [-0.15, -0.1) is 11.3 Å². The third kappa shape index (κ3) is 2.61. The Bertz CT molecular complexity index is 496. The largest absolute Gasteiger partial charge is 0.326 e. The summed E-state index contributed by atoms with van der Waals surface area (Å²) in [6, 6.07) is 6.88. The van der Waals surface area contributed by atoms with E-state index in [0.29, 0.717) is 6.54 Å². The smallest absolute Gasteiger partial charge is 0.141 e. The van der Waals surface area contributed by atoms with Crippen molar-refractivity contribution in [2.75, 3.05) is 0 Å². The van der Waals surface area contributed by atoms with Gasteiger partial charge in [0, 0.05) is 11.4 Å². The molecule has 0 radical (unpaired) electrons. The van der Waals surface area contributed by atoms with Crippen LogP contribution in [-0.4, -0.2) is 0 Å². The van der Waals surface area contributed by atoms with E-state index in [-0.39, 0.29) is 10.8 Å². The summed E-state index contributed by atoms with van der Waals surface area (Å²) in [5.74, 6) is -0.376. The van der Waals surface area contributed by atoms with E-state index in [1.165, 1.54) is 11.6 Å². The maximum atomic E-state index is 12.9. The molecule has 0 unspecified atom stereocenters. The molecule has 0 aliphatic heterocycles. The fourth-order valence-electron chi connectivity index (χ4n) is 1.51. The van der Waals surface area contributed by atoms with Crippen molar-refractivity contribution in [1.29, 1.82) is 0 Å². The Morgan fingerprint density at radius 3 is 2.69 bits per heavy atom. The molecule has 84 valence electrons. The number of halogens is 2. The lowest BCUT2D eigenvalue weighted by Gasteiger charge is -2.00. The van der Waals surface area contributed by atoms with Crippen LogP contribution in [0.1, 0.15) is 16.0 Å². The summed E-state index contributed by atoms with van der Waals surface area (Å²) in [5, 5.41) is 2.24. The fraction of sp³-hybridized carbons (Fsp3) is 0.167. The Balaban J connectivity index is 2.17. The summed E-state index contributed by atoms with van der Waals surface area (Å²) in [6.45, 7) is 0.564. The molecule has 0 amide bonds. The second-order valence-electron chi connectivity index (χ2n) is 3.55. The van der Waals surface area contributed by atoms with E-state index < -0.39 is 0 Å². The molecule has 0 saturated heterocycles. The van der Waals surface area contributed by atoms with E-state index in [4.69, 9.17) is 17.3 Å². The highest BCUT2D eigenvalue weighted by molar-refractivity contribution is 7.10. The number of rotatable bonds is 3. The molecule has 1 nitrogen and oxygen atoms in total. The van der Waals surface area contributed by atoms with Crippen LogP contribution in [-0.2, 0) is 13.0 Å². The van der Waals surface area contributed by atoms with E-state index in [2.05, 4.69) is 11.4 Å². The maximum Gasteiger partial charge on any atom is 0.141 e. The van der Waals surface area contributed by atoms with Gasteiger partial charge in [0.25, 0.3) is 0 Å². The lowest BCUT2D eigenvalue weighted by Crippen LogP contribution is -1.92. The van der Waals surface area contributed by atoms with Crippen LogP contribution < -0.4 is 5.73 Å². The molecule has 2 N–H and O–H groups in total. The Morgan fingerprint density at radius 1 is 1.25 bits per heavy atom. The topological polar surface area (TPSA) is 26.0 Å². The highest BCUT2D eigenvalue weighted by atomic mass is 35.5. The zero-order valence-corrected chi connectivity index (χ0v) is 10.1. The van der Waals surface area contributed by atoms with Crippen molar-refractivity contribution in [1.82, 2.24) is 0 Å². The van der Waals surface area contributed by atoms with Gasteiger partial charge in [-0.3, -0.25) is 0 Å². The molecular weight excluding hydrogens is 245 g/mol. The van der Waals surface area contributed by atoms with Crippen LogP contribution >= 0.6 is 22.9 Å². The van der Waals surface area contributed by atoms with Crippen molar-refractivity contribution in [3.63, 3.8) is 0 Å². The summed E-state index contributed by atoms with van der Waals surface area (Å²) in [5.41, 5.74) is 7.74. The number of thiophene rings is 1. The van der Waals surface area contributed by atoms with Crippen LogP contribution in [0.3, 0.4) is 0 Å². The Hall–Kier alpha value is -0.900. The molecular formula is C12H11ClFNS. The summed E-state index contributed by atoms with van der Waals surface area (Å²) in [7, 11) is 0. The first-order valence-electron chi connectivity index (χ1n) is 4.89. The Labute approximate surface area is 103 Å². The minimum absolute atomic E-state index is 0.173. The van der Waals surface area contributed by atoms with Crippen LogP contribution in [0, 0.1) is 5.82 Å². The molecule has 2 rings (SSSR count). The minimum atomic E-state index is -0.376. The van der Waals surface area contributed by atoms with Gasteiger partial charge in [0.15, 0.2) is 0 Å². The monoisotopic (exact) mass is 255 g/mol. The van der Waals surface area contributed by atoms with Crippen molar-refractivity contribution in [3.05, 3.63) is 56.5 Å². The van der Waals surface area contributed by atoms with Crippen molar-refractivity contribution in [2.45, 2.75) is 13.0 Å². The van der Waals surface area contributed by atoms with Gasteiger partial charge in [0.05, 0.1) is 5.02 Å². The predicted octanol–water partition coefficient (Wildman–Crippen LogP) is 3.59. The van der Waals surface area contributed by atoms with Gasteiger partial charge in [-0.1, -0.05) is 17.7 Å². The van der Waals surface area contributed by atoms with E-state index in [0.717, 1.165) is 16.9 Å². The first-order chi connectivity index (χ1) is 7.69. The molecule has 4 heteroatoms. The van der Waals surface area contributed by atoms with Gasteiger partial charge in [-0.05, 0) is 41.1 Å². The average Bonchev–Trinajstić information content (AvgIpc) is 2.71. The number of hydrogen-bond donors (Lipinski definition) is 1. The van der Waals surface area contributed by atoms with Crippen LogP contribution in [0.2, 0.25) is 5.02 Å². The van der Waals surface area contributed by atoms with Gasteiger partial charge < -0.3 is 5.73 Å². The molecule has 0 aliphatic carbocycles. The van der Waals surface area contributed by atoms with Crippen LogP contribution in [0.4, 0.5) is 4.39 Å². The molecule has 0 fully saturated rings. The van der Waals surface area contributed by atoms with Crippen molar-refractivity contribution in [3.8, 4) is 0 Å². The Morgan fingerprint density at radius 2 is 2.06 bits per heavy atom. The predicted molar refractivity (Wildman–Crippen MR) is 66.4 cm³/mol. The zero-order valence-electron chi connectivity index (χ0n) is 8.54. The molecule has 2 aromatic rings. The van der Waals surface area contributed by atoms with Crippen LogP contribution in [0.5, 0.6) is 0 Å². The number of hydrogen-bond acceptors (Lipinski definition) is 2. The third-order valence-electron chi connectivity index (χ3n) is 2.30. The lowest BCUT2D eigenvalue weighted by atomic mass is 10.1. The van der Waals surface area contributed by atoms with E-state index in [1.807, 2.05) is 0 Å². The van der Waals surface area contributed by atoms with Gasteiger partial charge in [0.2, 0.25) is 0 Å². The quantitative estimate of drug-likeness (QED) is 0.891. The zero-order chi connectivity index (χ0) is 11.5. The van der Waals surface area contributed by atoms with Gasteiger partial charge in [0.1, 0.15) is 5.82 Å². The molecule has 0 spiro atoms. The van der Waals surface area contributed by atoms with E-state index >= 15 is 0 Å². The molecule has 0 atom stereocenters. The lowest BCUT2D eigenvalue weighted by molar-refractivity contribution is 0.627. The van der Waals surface area contributed by atoms with Gasteiger partial charge >= 0.3 is 0 Å². The number of benzene rings is 1. The minimum Gasteiger partial charge on any atom is -0.326 e. The van der Waals surface area contributed by atoms with Crippen molar-refractivity contribution >= 4 is 22.9 Å². The van der Waals surface area contributed by atoms with Crippen LogP contribution in [0.25, 0.3) is 0 Å². The average molecular weight is 256 g/mol. The van der Waals surface area contributed by atoms with Crippen molar-refractivity contribution in [2.24, 2.45) is 5.73 Å². The van der Waals surface area contributed by atoms with Crippen molar-refractivity contribution < 1.29 is 4.39 Å². The van der Waals surface area contributed by atoms with Gasteiger partial charge in [-0.2, -0.15) is 0 Å². The molecule has 1 heterocycles. The molecule has 0 saturated carbocycles. The fourth-order valence-corrected chi connectivity index (χ4v) is 2.48. The Kier molecular flexibility index (Phi) is 3.59. The first-order valence-corrected chi connectivity index (χ1v) is 6.15. The normalized spacial score (nSPS) is 10.7. The molecule has 0 aliphatic rings. The standard InChI is InChI=1S/C12H11ClFNS/c13-11-5-8(1-2-12(11)14)3-9-4-10(6-15)16-7-9/h1-2,4-5,7H,3,6,15H2. The second kappa shape index (κ2) is 4.95. The summed E-state index contributed by atoms with van der Waals surface area (Å²) in [4.78, 5) is 1.16. The van der Waals surface area contributed by atoms with E-state index in [9.17, 15) is 4.39 Å². The molecule has 0 bridgehead atoms. The molecule has 1 aromatic carbocycles. The number of nitrogens with two attached hydrogens (primary N) is 1. The SMILES string of the molecule is NCc1cc(Cc2ccc(F)c(Cl)c2)cs1.